The van der Waals surface area contributed by atoms with E-state index in [4.69, 9.17) is 4.74 Å². The second-order valence-electron chi connectivity index (χ2n) is 4.79. The molecule has 2 heterocycles. The molecule has 0 aliphatic carbocycles. The van der Waals surface area contributed by atoms with Gasteiger partial charge in [-0.15, -0.1) is 0 Å². The number of ether oxygens (including phenoxy) is 1. The molecule has 2 rings (SSSR count). The van der Waals surface area contributed by atoms with E-state index in [1.54, 1.807) is 7.05 Å². The normalized spacial score (nSPS) is 22.2. The van der Waals surface area contributed by atoms with Gasteiger partial charge in [-0.05, 0) is 13.8 Å². The molecule has 0 radical (unpaired) electrons. The number of morpholine rings is 1. The molecule has 17 heavy (non-hydrogen) atoms. The summed E-state index contributed by atoms with van der Waals surface area (Å²) in [5.74, 6) is 0. The fourth-order valence-electron chi connectivity index (χ4n) is 2.06. The Balaban J connectivity index is 1.99. The molecule has 1 saturated heterocycles. The highest BCUT2D eigenvalue weighted by molar-refractivity contribution is 4.75. The summed E-state index contributed by atoms with van der Waals surface area (Å²) in [4.78, 5) is 14.0. The lowest BCUT2D eigenvalue weighted by atomic mass is 10.2. The highest BCUT2D eigenvalue weighted by Gasteiger charge is 2.23. The third kappa shape index (κ3) is 2.76. The van der Waals surface area contributed by atoms with Crippen LogP contribution in [-0.2, 0) is 18.3 Å². The van der Waals surface area contributed by atoms with Crippen LogP contribution in [0, 0.1) is 0 Å². The van der Waals surface area contributed by atoms with Gasteiger partial charge in [0.05, 0.1) is 19.3 Å². The molecule has 1 aromatic heterocycles. The Hall–Kier alpha value is -1.14. The predicted octanol–water partition coefficient (Wildman–Crippen LogP) is -0.309. The minimum atomic E-state index is -0.0877. The van der Waals surface area contributed by atoms with E-state index in [9.17, 15) is 4.79 Å². The van der Waals surface area contributed by atoms with Crippen LogP contribution in [0.15, 0.2) is 11.1 Å². The quantitative estimate of drug-likeness (QED) is 0.727. The number of rotatable bonds is 3. The van der Waals surface area contributed by atoms with Crippen LogP contribution in [0.2, 0.25) is 0 Å². The molecule has 0 aromatic carbocycles. The molecule has 6 heteroatoms. The highest BCUT2D eigenvalue weighted by Crippen LogP contribution is 2.09. The molecule has 1 fully saturated rings. The summed E-state index contributed by atoms with van der Waals surface area (Å²) in [6.07, 6.45) is 1.59. The first-order valence-electron chi connectivity index (χ1n) is 6.02. The van der Waals surface area contributed by atoms with E-state index in [0.717, 1.165) is 19.7 Å². The summed E-state index contributed by atoms with van der Waals surface area (Å²) in [5.41, 5.74) is -0.0877. The second-order valence-corrected chi connectivity index (χ2v) is 4.79. The Bertz CT molecular complexity index is 423. The Morgan fingerprint density at radius 3 is 2.94 bits per heavy atom. The van der Waals surface area contributed by atoms with E-state index in [1.807, 2.05) is 0 Å². The standard InChI is InChI=1S/C11H20N4O2/c1-9(2)14-4-5-17-10(6-14)7-15-11(16)13(3)8-12-15/h8-10H,4-7H2,1-3H3. The van der Waals surface area contributed by atoms with Crippen molar-refractivity contribution in [2.45, 2.75) is 32.5 Å². The third-order valence-electron chi connectivity index (χ3n) is 3.16. The Morgan fingerprint density at radius 2 is 2.35 bits per heavy atom. The van der Waals surface area contributed by atoms with Crippen LogP contribution in [-0.4, -0.2) is 51.1 Å². The predicted molar refractivity (Wildman–Crippen MR) is 63.9 cm³/mol. The zero-order valence-corrected chi connectivity index (χ0v) is 10.7. The van der Waals surface area contributed by atoms with E-state index in [-0.39, 0.29) is 11.8 Å². The summed E-state index contributed by atoms with van der Waals surface area (Å²) < 4.78 is 8.62. The van der Waals surface area contributed by atoms with Crippen molar-refractivity contribution in [3.8, 4) is 0 Å². The van der Waals surface area contributed by atoms with Crippen LogP contribution < -0.4 is 5.69 Å². The maximum atomic E-state index is 11.7. The van der Waals surface area contributed by atoms with Crippen molar-refractivity contribution in [2.24, 2.45) is 7.05 Å². The molecular formula is C11H20N4O2. The van der Waals surface area contributed by atoms with Crippen LogP contribution >= 0.6 is 0 Å². The van der Waals surface area contributed by atoms with Crippen LogP contribution in [0.3, 0.4) is 0 Å². The van der Waals surface area contributed by atoms with E-state index in [1.165, 1.54) is 15.6 Å². The summed E-state index contributed by atoms with van der Waals surface area (Å²) >= 11 is 0. The van der Waals surface area contributed by atoms with Crippen molar-refractivity contribution < 1.29 is 4.74 Å². The van der Waals surface area contributed by atoms with E-state index in [0.29, 0.717) is 12.6 Å². The van der Waals surface area contributed by atoms with Crippen LogP contribution in [0.25, 0.3) is 0 Å². The number of nitrogens with zero attached hydrogens (tertiary/aromatic N) is 4. The number of aryl methyl sites for hydroxylation is 1. The van der Waals surface area contributed by atoms with Crippen LogP contribution in [0.1, 0.15) is 13.8 Å². The summed E-state index contributed by atoms with van der Waals surface area (Å²) in [7, 11) is 1.70. The summed E-state index contributed by atoms with van der Waals surface area (Å²) in [6, 6.07) is 0.516. The van der Waals surface area contributed by atoms with Crippen LogP contribution in [0.4, 0.5) is 0 Å². The van der Waals surface area contributed by atoms with E-state index >= 15 is 0 Å². The molecule has 0 amide bonds. The van der Waals surface area contributed by atoms with Gasteiger partial charge in [-0.2, -0.15) is 5.10 Å². The maximum absolute atomic E-state index is 11.7. The Morgan fingerprint density at radius 1 is 1.59 bits per heavy atom. The lowest BCUT2D eigenvalue weighted by molar-refractivity contribution is -0.0474. The average molecular weight is 240 g/mol. The largest absolute Gasteiger partial charge is 0.374 e. The molecule has 0 N–H and O–H groups in total. The highest BCUT2D eigenvalue weighted by atomic mass is 16.5. The molecule has 0 saturated carbocycles. The molecule has 0 spiro atoms. The van der Waals surface area contributed by atoms with Gasteiger partial charge in [-0.1, -0.05) is 0 Å². The zero-order chi connectivity index (χ0) is 12.4. The maximum Gasteiger partial charge on any atom is 0.345 e. The van der Waals surface area contributed by atoms with E-state index in [2.05, 4.69) is 23.8 Å². The molecular weight excluding hydrogens is 220 g/mol. The molecule has 0 bridgehead atoms. The van der Waals surface area contributed by atoms with Gasteiger partial charge in [0, 0.05) is 26.2 Å². The fraction of sp³-hybridized carbons (Fsp3) is 0.818. The van der Waals surface area contributed by atoms with Gasteiger partial charge in [0.1, 0.15) is 6.33 Å². The van der Waals surface area contributed by atoms with Crippen LogP contribution in [0.5, 0.6) is 0 Å². The van der Waals surface area contributed by atoms with Gasteiger partial charge >= 0.3 is 5.69 Å². The van der Waals surface area contributed by atoms with Crippen molar-refractivity contribution in [1.82, 2.24) is 19.2 Å². The van der Waals surface area contributed by atoms with Gasteiger partial charge < -0.3 is 4.74 Å². The summed E-state index contributed by atoms with van der Waals surface area (Å²) in [6.45, 7) is 7.43. The SMILES string of the molecule is CC(C)N1CCOC(Cn2ncn(C)c2=O)C1. The Labute approximate surface area is 101 Å². The van der Waals surface area contributed by atoms with Crippen molar-refractivity contribution >= 4 is 0 Å². The molecule has 1 aromatic rings. The lowest BCUT2D eigenvalue weighted by Crippen LogP contribution is -2.48. The second kappa shape index (κ2) is 5.01. The topological polar surface area (TPSA) is 52.3 Å². The minimum absolute atomic E-state index is 0.0544. The molecule has 1 atom stereocenters. The molecule has 6 nitrogen and oxygen atoms in total. The van der Waals surface area contributed by atoms with Crippen molar-refractivity contribution in [2.75, 3.05) is 19.7 Å². The van der Waals surface area contributed by atoms with E-state index < -0.39 is 0 Å². The number of hydrogen-bond acceptors (Lipinski definition) is 4. The number of hydrogen-bond donors (Lipinski definition) is 0. The first-order valence-corrected chi connectivity index (χ1v) is 6.02. The first-order chi connectivity index (χ1) is 8.08. The number of aromatic nitrogens is 3. The minimum Gasteiger partial charge on any atom is -0.374 e. The fourth-order valence-corrected chi connectivity index (χ4v) is 2.06. The molecule has 1 unspecified atom stereocenters. The summed E-state index contributed by atoms with van der Waals surface area (Å²) in [5, 5.41) is 4.05. The monoisotopic (exact) mass is 240 g/mol. The smallest absolute Gasteiger partial charge is 0.345 e. The van der Waals surface area contributed by atoms with Crippen molar-refractivity contribution in [3.63, 3.8) is 0 Å². The van der Waals surface area contributed by atoms with Gasteiger partial charge in [-0.25, -0.2) is 9.48 Å². The molecule has 1 aliphatic rings. The van der Waals surface area contributed by atoms with Gasteiger partial charge in [0.2, 0.25) is 0 Å². The van der Waals surface area contributed by atoms with Gasteiger partial charge in [0.15, 0.2) is 0 Å². The third-order valence-corrected chi connectivity index (χ3v) is 3.16. The van der Waals surface area contributed by atoms with Crippen molar-refractivity contribution in [1.29, 1.82) is 0 Å². The zero-order valence-electron chi connectivity index (χ0n) is 10.7. The van der Waals surface area contributed by atoms with Crippen molar-refractivity contribution in [3.05, 3.63) is 16.8 Å². The van der Waals surface area contributed by atoms with Gasteiger partial charge in [-0.3, -0.25) is 9.47 Å². The Kier molecular flexibility index (Phi) is 3.63. The average Bonchev–Trinajstić information content (AvgIpc) is 2.61. The first kappa shape index (κ1) is 12.3. The van der Waals surface area contributed by atoms with Gasteiger partial charge in [0.25, 0.3) is 0 Å². The molecule has 96 valence electrons. The molecule has 1 aliphatic heterocycles. The lowest BCUT2D eigenvalue weighted by Gasteiger charge is -2.35.